The lowest BCUT2D eigenvalue weighted by molar-refractivity contribution is 0.103. The van der Waals surface area contributed by atoms with Gasteiger partial charge >= 0.3 is 0 Å². The average molecular weight is 395 g/mol. The number of nitrogens with zero attached hydrogens (tertiary/aromatic N) is 2. The van der Waals surface area contributed by atoms with Gasteiger partial charge in [0.25, 0.3) is 5.56 Å². The number of benzene rings is 1. The lowest BCUT2D eigenvalue weighted by atomic mass is 9.98. The molecular weight excluding hydrogens is 382 g/mol. The van der Waals surface area contributed by atoms with Crippen LogP contribution in [0, 0.1) is 6.92 Å². The van der Waals surface area contributed by atoms with Gasteiger partial charge in [0.2, 0.25) is 5.78 Å². The number of aromatic amines is 1. The van der Waals surface area contributed by atoms with Gasteiger partial charge in [0, 0.05) is 36.2 Å². The molecule has 1 unspecified atom stereocenters. The van der Waals surface area contributed by atoms with Crippen LogP contribution in [0.3, 0.4) is 0 Å². The van der Waals surface area contributed by atoms with E-state index in [1.165, 1.54) is 25.4 Å². The van der Waals surface area contributed by atoms with Crippen LogP contribution in [0.2, 0.25) is 5.02 Å². The van der Waals surface area contributed by atoms with E-state index in [9.17, 15) is 18.4 Å². The van der Waals surface area contributed by atoms with Gasteiger partial charge in [-0.1, -0.05) is 33.9 Å². The quantitative estimate of drug-likeness (QED) is 0.521. The highest BCUT2D eigenvalue weighted by Crippen LogP contribution is 2.36. The molecule has 0 spiro atoms. The lowest BCUT2D eigenvalue weighted by Gasteiger charge is -2.13. The summed E-state index contributed by atoms with van der Waals surface area (Å²) < 4.78 is 28.7. The maximum absolute atomic E-state index is 12.7. The van der Waals surface area contributed by atoms with Crippen molar-refractivity contribution in [2.75, 3.05) is 0 Å². The first kappa shape index (κ1) is 18.3. The summed E-state index contributed by atoms with van der Waals surface area (Å²) in [5, 5.41) is 6.40. The van der Waals surface area contributed by atoms with Crippen LogP contribution in [-0.4, -0.2) is 29.5 Å². The van der Waals surface area contributed by atoms with Crippen LogP contribution in [0.4, 0.5) is 0 Å². The minimum atomic E-state index is -2.37. The molecule has 10 heteroatoms. The molecule has 1 atom stereocenters. The maximum Gasteiger partial charge on any atom is 0.277 e. The van der Waals surface area contributed by atoms with E-state index in [-0.39, 0.29) is 33.2 Å². The third-order valence-corrected chi connectivity index (χ3v) is 4.74. The van der Waals surface area contributed by atoms with Crippen molar-refractivity contribution in [1.82, 2.24) is 14.9 Å². The van der Waals surface area contributed by atoms with Crippen molar-refractivity contribution in [2.45, 2.75) is 12.7 Å². The summed E-state index contributed by atoms with van der Waals surface area (Å²) >= 11 is 4.05. The monoisotopic (exact) mass is 394 g/mol. The molecule has 136 valence electrons. The highest BCUT2D eigenvalue weighted by Gasteiger charge is 2.23. The van der Waals surface area contributed by atoms with Gasteiger partial charge in [-0.15, -0.1) is 0 Å². The second kappa shape index (κ2) is 7.02. The van der Waals surface area contributed by atoms with E-state index in [1.54, 1.807) is 13.0 Å². The number of halogens is 1. The number of carbonyl (C=O) groups excluding carboxylic acids is 1. The van der Waals surface area contributed by atoms with Crippen LogP contribution in [0.1, 0.15) is 27.2 Å². The number of nitrogens with one attached hydrogen (secondary N) is 1. The molecule has 0 radical (unpaired) electrons. The van der Waals surface area contributed by atoms with Gasteiger partial charge in [-0.2, -0.15) is 0 Å². The molecule has 0 amide bonds. The molecule has 0 saturated heterocycles. The predicted octanol–water partition coefficient (Wildman–Crippen LogP) is 1.94. The minimum Gasteiger partial charge on any atom is -0.772 e. The van der Waals surface area contributed by atoms with Gasteiger partial charge in [-0.3, -0.25) is 18.5 Å². The zero-order chi connectivity index (χ0) is 19.0. The molecule has 2 heterocycles. The smallest absolute Gasteiger partial charge is 0.277 e. The van der Waals surface area contributed by atoms with Gasteiger partial charge in [0.05, 0.1) is 10.7 Å². The van der Waals surface area contributed by atoms with Gasteiger partial charge in [-0.25, -0.2) is 0 Å². The summed E-state index contributed by atoms with van der Waals surface area (Å²) in [4.78, 5) is 24.8. The van der Waals surface area contributed by atoms with Crippen LogP contribution in [0.15, 0.2) is 33.7 Å². The van der Waals surface area contributed by atoms with Crippen LogP contribution in [0.25, 0.3) is 11.3 Å². The van der Waals surface area contributed by atoms with E-state index in [2.05, 4.69) is 10.3 Å². The number of rotatable bonds is 5. The Hall–Kier alpha value is -2.49. The highest BCUT2D eigenvalue weighted by molar-refractivity contribution is 7.78. The third kappa shape index (κ3) is 3.28. The van der Waals surface area contributed by atoms with E-state index in [0.717, 1.165) is 4.68 Å². The summed E-state index contributed by atoms with van der Waals surface area (Å²) in [6, 6.07) is 4.45. The number of aryl methyl sites for hydroxylation is 2. The predicted molar refractivity (Wildman–Crippen MR) is 93.8 cm³/mol. The van der Waals surface area contributed by atoms with Crippen LogP contribution >= 0.6 is 11.6 Å². The average Bonchev–Trinajstić information content (AvgIpc) is 3.13. The number of hydrogen-bond donors (Lipinski definition) is 1. The largest absolute Gasteiger partial charge is 0.772 e. The Bertz CT molecular complexity index is 1080. The van der Waals surface area contributed by atoms with E-state index < -0.39 is 22.4 Å². The summed E-state index contributed by atoms with van der Waals surface area (Å²) in [5.74, 6) is -0.649. The molecule has 0 saturated carbocycles. The number of carbonyl (C=O) groups is 1. The fourth-order valence-corrected chi connectivity index (χ4v) is 3.41. The second-order valence-corrected chi connectivity index (χ2v) is 6.90. The molecule has 0 fully saturated rings. The molecule has 26 heavy (non-hydrogen) atoms. The minimum absolute atomic E-state index is 0.00245. The summed E-state index contributed by atoms with van der Waals surface area (Å²) in [6.07, 6.45) is 1.29. The van der Waals surface area contributed by atoms with Gasteiger partial charge in [-0.05, 0) is 18.6 Å². The highest BCUT2D eigenvalue weighted by atomic mass is 35.5. The van der Waals surface area contributed by atoms with Gasteiger partial charge in [0.1, 0.15) is 5.56 Å². The van der Waals surface area contributed by atoms with Crippen molar-refractivity contribution >= 4 is 28.5 Å². The van der Waals surface area contributed by atoms with Gasteiger partial charge < -0.3 is 14.2 Å². The molecule has 3 aromatic rings. The van der Waals surface area contributed by atoms with Crippen LogP contribution < -0.4 is 5.56 Å². The fourth-order valence-electron chi connectivity index (χ4n) is 2.56. The molecule has 8 nitrogen and oxygen atoms in total. The first-order valence-corrected chi connectivity index (χ1v) is 9.01. The zero-order valence-corrected chi connectivity index (χ0v) is 15.3. The number of hydrogen-bond acceptors (Lipinski definition) is 6. The Kier molecular flexibility index (Phi) is 4.94. The Balaban J connectivity index is 2.19. The fraction of sp³-hybridized carbons (Fsp3) is 0.188. The molecule has 1 aromatic carbocycles. The second-order valence-electron chi connectivity index (χ2n) is 5.62. The topological polar surface area (TPSA) is 121 Å². The Morgan fingerprint density at radius 2 is 2.15 bits per heavy atom. The SMILES string of the molecule is Cc1cc(-c2c(CS(=O)[O-])ccc(C(=O)c3c[nH]n(C)c3=O)c2Cl)on1. The van der Waals surface area contributed by atoms with Crippen molar-refractivity contribution in [3.05, 3.63) is 62.2 Å². The Morgan fingerprint density at radius 3 is 2.69 bits per heavy atom. The normalized spacial score (nSPS) is 12.3. The Labute approximate surface area is 155 Å². The van der Waals surface area contributed by atoms with E-state index in [4.69, 9.17) is 16.1 Å². The third-order valence-electron chi connectivity index (χ3n) is 3.80. The Morgan fingerprint density at radius 1 is 1.42 bits per heavy atom. The molecular formula is C16H13ClN3O5S-. The van der Waals surface area contributed by atoms with E-state index >= 15 is 0 Å². The molecule has 0 aliphatic rings. The van der Waals surface area contributed by atoms with Gasteiger partial charge in [0.15, 0.2) is 5.76 Å². The first-order chi connectivity index (χ1) is 12.3. The molecule has 0 bridgehead atoms. The summed E-state index contributed by atoms with van der Waals surface area (Å²) in [7, 11) is 1.48. The summed E-state index contributed by atoms with van der Waals surface area (Å²) in [6.45, 7) is 1.70. The molecule has 0 aliphatic heterocycles. The number of aromatic nitrogens is 3. The van der Waals surface area contributed by atoms with Crippen molar-refractivity contribution in [3.8, 4) is 11.3 Å². The van der Waals surface area contributed by atoms with Crippen molar-refractivity contribution in [1.29, 1.82) is 0 Å². The maximum atomic E-state index is 12.7. The van der Waals surface area contributed by atoms with Crippen molar-refractivity contribution in [3.63, 3.8) is 0 Å². The first-order valence-electron chi connectivity index (χ1n) is 7.39. The lowest BCUT2D eigenvalue weighted by Crippen LogP contribution is -2.19. The summed E-state index contributed by atoms with van der Waals surface area (Å²) in [5.41, 5.74) is 0.684. The number of H-pyrrole nitrogens is 1. The molecule has 0 aliphatic carbocycles. The zero-order valence-electron chi connectivity index (χ0n) is 13.7. The molecule has 1 N–H and O–H groups in total. The van der Waals surface area contributed by atoms with E-state index in [0.29, 0.717) is 11.3 Å². The standard InChI is InChI=1S/C16H14ClN3O5S/c1-8-5-12(25-19-8)13-9(7-26(23)24)3-4-10(14(13)17)15(21)11-6-18-20(2)16(11)22/h3-6,18H,7H2,1-2H3,(H,23,24)/p-1. The number of ketones is 1. The van der Waals surface area contributed by atoms with Crippen molar-refractivity contribution < 1.29 is 18.1 Å². The molecule has 2 aromatic heterocycles. The van der Waals surface area contributed by atoms with Crippen LogP contribution in [0.5, 0.6) is 0 Å². The van der Waals surface area contributed by atoms with E-state index in [1.807, 2.05) is 0 Å². The molecule has 3 rings (SSSR count). The van der Waals surface area contributed by atoms with Crippen LogP contribution in [-0.2, 0) is 23.9 Å². The van der Waals surface area contributed by atoms with Crippen molar-refractivity contribution in [2.24, 2.45) is 7.05 Å².